The molecule has 1 saturated heterocycles. The van der Waals surface area contributed by atoms with Gasteiger partial charge in [-0.15, -0.1) is 0 Å². The van der Waals surface area contributed by atoms with E-state index in [1.54, 1.807) is 0 Å². The lowest BCUT2D eigenvalue weighted by Crippen LogP contribution is -2.60. The Morgan fingerprint density at radius 2 is 2.33 bits per heavy atom. The number of methoxy groups -OCH3 is 1. The molecule has 0 bridgehead atoms. The highest BCUT2D eigenvalue weighted by molar-refractivity contribution is 5.63. The van der Waals surface area contributed by atoms with Crippen LogP contribution in [0.25, 0.3) is 0 Å². The normalized spacial score (nSPS) is 37.8. The smallest absolute Gasteiger partial charge is 0.109 e. The van der Waals surface area contributed by atoms with Crippen molar-refractivity contribution in [1.29, 1.82) is 0 Å². The largest absolute Gasteiger partial charge is 0.396 e. The van der Waals surface area contributed by atoms with Gasteiger partial charge in [-0.3, -0.25) is 4.90 Å². The van der Waals surface area contributed by atoms with Crippen LogP contribution in [0.4, 0.5) is 5.69 Å². The van der Waals surface area contributed by atoms with Gasteiger partial charge in [0, 0.05) is 44.5 Å². The topological polar surface area (TPSA) is 44.7 Å². The molecule has 0 amide bonds. The second-order valence-corrected chi connectivity index (χ2v) is 6.88. The van der Waals surface area contributed by atoms with E-state index in [1.165, 1.54) is 16.8 Å². The number of hydrogen-bond acceptors (Lipinski definition) is 4. The summed E-state index contributed by atoms with van der Waals surface area (Å²) in [5, 5.41) is 13.2. The number of rotatable bonds is 2. The van der Waals surface area contributed by atoms with E-state index in [1.807, 2.05) is 7.11 Å². The zero-order valence-electron chi connectivity index (χ0n) is 12.8. The average molecular weight is 288 g/mol. The molecule has 0 saturated carbocycles. The SMILES string of the molecule is CO[C@]12C[C@@H](CO)CN(C)[C@@H]1CC1CNc3cccc2c31. The molecule has 114 valence electrons. The van der Waals surface area contributed by atoms with Crippen LogP contribution >= 0.6 is 0 Å². The summed E-state index contributed by atoms with van der Waals surface area (Å²) >= 11 is 0. The van der Waals surface area contributed by atoms with Gasteiger partial charge in [-0.25, -0.2) is 0 Å². The molecule has 2 N–H and O–H groups in total. The molecule has 1 aliphatic carbocycles. The van der Waals surface area contributed by atoms with E-state index in [0.29, 0.717) is 12.0 Å². The first-order valence-corrected chi connectivity index (χ1v) is 7.93. The number of aliphatic hydroxyl groups is 1. The number of aliphatic hydroxyl groups excluding tert-OH is 1. The van der Waals surface area contributed by atoms with Gasteiger partial charge in [0.1, 0.15) is 5.60 Å². The van der Waals surface area contributed by atoms with Crippen LogP contribution in [0.5, 0.6) is 0 Å². The quantitative estimate of drug-likeness (QED) is 0.870. The number of piperidine rings is 1. The van der Waals surface area contributed by atoms with E-state index in [9.17, 15) is 5.11 Å². The van der Waals surface area contributed by atoms with Gasteiger partial charge >= 0.3 is 0 Å². The third-order valence-corrected chi connectivity index (χ3v) is 5.85. The molecule has 21 heavy (non-hydrogen) atoms. The van der Waals surface area contributed by atoms with Gasteiger partial charge < -0.3 is 15.2 Å². The molecule has 4 rings (SSSR count). The van der Waals surface area contributed by atoms with Crippen LogP contribution in [0, 0.1) is 5.92 Å². The van der Waals surface area contributed by atoms with Crippen LogP contribution in [-0.2, 0) is 10.3 Å². The maximum absolute atomic E-state index is 9.68. The molecule has 4 heteroatoms. The summed E-state index contributed by atoms with van der Waals surface area (Å²) in [6, 6.07) is 6.95. The Hall–Kier alpha value is -1.10. The number of anilines is 1. The molecule has 3 aliphatic rings. The molecule has 1 unspecified atom stereocenters. The molecular weight excluding hydrogens is 264 g/mol. The Labute approximate surface area is 126 Å². The van der Waals surface area contributed by atoms with Gasteiger partial charge in [-0.1, -0.05) is 12.1 Å². The van der Waals surface area contributed by atoms with E-state index < -0.39 is 0 Å². The van der Waals surface area contributed by atoms with E-state index >= 15 is 0 Å². The highest BCUT2D eigenvalue weighted by atomic mass is 16.5. The Morgan fingerprint density at radius 1 is 1.48 bits per heavy atom. The summed E-state index contributed by atoms with van der Waals surface area (Å²) in [5.74, 6) is 0.880. The Morgan fingerprint density at radius 3 is 3.10 bits per heavy atom. The molecule has 0 spiro atoms. The monoisotopic (exact) mass is 288 g/mol. The predicted octanol–water partition coefficient (Wildman–Crippen LogP) is 1.75. The fraction of sp³-hybridized carbons (Fsp3) is 0.647. The number of benzene rings is 1. The van der Waals surface area contributed by atoms with E-state index in [0.717, 1.165) is 25.9 Å². The highest BCUT2D eigenvalue weighted by Crippen LogP contribution is 2.54. The lowest BCUT2D eigenvalue weighted by atomic mass is 9.65. The number of nitrogens with one attached hydrogen (secondary N) is 1. The Kier molecular flexibility index (Phi) is 3.03. The van der Waals surface area contributed by atoms with Crippen molar-refractivity contribution in [3.63, 3.8) is 0 Å². The van der Waals surface area contributed by atoms with E-state index in [-0.39, 0.29) is 18.1 Å². The first-order chi connectivity index (χ1) is 10.2. The minimum absolute atomic E-state index is 0.235. The summed E-state index contributed by atoms with van der Waals surface area (Å²) < 4.78 is 6.16. The maximum Gasteiger partial charge on any atom is 0.109 e. The molecule has 4 nitrogen and oxygen atoms in total. The lowest BCUT2D eigenvalue weighted by Gasteiger charge is -2.54. The van der Waals surface area contributed by atoms with Gasteiger partial charge in [-0.05, 0) is 43.0 Å². The van der Waals surface area contributed by atoms with Crippen LogP contribution in [0.15, 0.2) is 18.2 Å². The molecule has 1 aromatic carbocycles. The number of ether oxygens (including phenoxy) is 1. The van der Waals surface area contributed by atoms with Crippen molar-refractivity contribution in [2.45, 2.75) is 30.4 Å². The standard InChI is InChI=1S/C17H24N2O2/c1-19-9-11(10-20)7-17(21-2)13-4-3-5-14-16(13)12(8-18-14)6-15(17)19/h3-5,11-12,15,18,20H,6-10H2,1-2H3/t11-,12?,15-,17+/m1/s1. The zero-order valence-corrected chi connectivity index (χ0v) is 12.8. The highest BCUT2D eigenvalue weighted by Gasteiger charge is 2.54. The lowest BCUT2D eigenvalue weighted by molar-refractivity contribution is -0.138. The first-order valence-electron chi connectivity index (χ1n) is 7.93. The number of likely N-dealkylation sites (tertiary alicyclic amines) is 1. The third kappa shape index (κ3) is 1.73. The summed E-state index contributed by atoms with van der Waals surface area (Å²) in [4.78, 5) is 2.40. The van der Waals surface area contributed by atoms with Crippen molar-refractivity contribution in [2.75, 3.05) is 39.2 Å². The third-order valence-electron chi connectivity index (χ3n) is 5.85. The van der Waals surface area contributed by atoms with Gasteiger partial charge in [-0.2, -0.15) is 0 Å². The molecule has 1 fully saturated rings. The maximum atomic E-state index is 9.68. The van der Waals surface area contributed by atoms with Crippen molar-refractivity contribution >= 4 is 5.69 Å². The zero-order chi connectivity index (χ0) is 14.6. The minimum atomic E-state index is -0.270. The van der Waals surface area contributed by atoms with Crippen LogP contribution in [-0.4, -0.2) is 49.9 Å². The van der Waals surface area contributed by atoms with Crippen molar-refractivity contribution < 1.29 is 9.84 Å². The van der Waals surface area contributed by atoms with Crippen molar-refractivity contribution in [2.24, 2.45) is 5.92 Å². The molecular formula is C17H24N2O2. The second kappa shape index (κ2) is 4.70. The summed E-state index contributed by atoms with van der Waals surface area (Å²) in [5.41, 5.74) is 3.82. The fourth-order valence-corrected chi connectivity index (χ4v) is 4.97. The molecule has 4 atom stereocenters. The Balaban J connectivity index is 1.88. The summed E-state index contributed by atoms with van der Waals surface area (Å²) in [6.45, 7) is 2.24. The fourth-order valence-electron chi connectivity index (χ4n) is 4.97. The van der Waals surface area contributed by atoms with E-state index in [2.05, 4.69) is 35.5 Å². The first kappa shape index (κ1) is 13.6. The summed E-state index contributed by atoms with van der Waals surface area (Å²) in [7, 11) is 4.01. The Bertz CT molecular complexity index is 562. The average Bonchev–Trinajstić information content (AvgIpc) is 2.93. The van der Waals surface area contributed by atoms with Gasteiger partial charge in [0.05, 0.1) is 0 Å². The van der Waals surface area contributed by atoms with Gasteiger partial charge in [0.2, 0.25) is 0 Å². The van der Waals surface area contributed by atoms with Crippen LogP contribution in [0.1, 0.15) is 29.9 Å². The number of nitrogens with zero attached hydrogens (tertiary/aromatic N) is 1. The summed E-state index contributed by atoms with van der Waals surface area (Å²) in [6.07, 6.45) is 2.05. The van der Waals surface area contributed by atoms with Crippen molar-refractivity contribution in [3.05, 3.63) is 29.3 Å². The molecule has 2 aliphatic heterocycles. The molecule has 2 heterocycles. The minimum Gasteiger partial charge on any atom is -0.396 e. The second-order valence-electron chi connectivity index (χ2n) is 6.88. The molecule has 0 radical (unpaired) electrons. The van der Waals surface area contributed by atoms with Crippen LogP contribution in [0.2, 0.25) is 0 Å². The van der Waals surface area contributed by atoms with Gasteiger partial charge in [0.25, 0.3) is 0 Å². The van der Waals surface area contributed by atoms with E-state index in [4.69, 9.17) is 4.74 Å². The van der Waals surface area contributed by atoms with Crippen molar-refractivity contribution in [1.82, 2.24) is 4.90 Å². The van der Waals surface area contributed by atoms with Crippen LogP contribution in [0.3, 0.4) is 0 Å². The predicted molar refractivity (Wildman–Crippen MR) is 82.6 cm³/mol. The molecule has 0 aromatic heterocycles. The van der Waals surface area contributed by atoms with Crippen LogP contribution < -0.4 is 5.32 Å². The number of likely N-dealkylation sites (N-methyl/N-ethyl adjacent to an activating group) is 1. The van der Waals surface area contributed by atoms with Crippen molar-refractivity contribution in [3.8, 4) is 0 Å². The van der Waals surface area contributed by atoms with Gasteiger partial charge in [0.15, 0.2) is 0 Å². The number of hydrogen-bond donors (Lipinski definition) is 2. The number of fused-ring (bicyclic) bond motifs is 2. The molecule has 1 aromatic rings.